The molecule has 8 heteroatoms. The number of aryl methyl sites for hydroxylation is 1. The van der Waals surface area contributed by atoms with Gasteiger partial charge in [-0.25, -0.2) is 18.1 Å². The van der Waals surface area contributed by atoms with E-state index in [1.54, 1.807) is 19.2 Å². The molecule has 1 heterocycles. The zero-order chi connectivity index (χ0) is 13.2. The number of aromatic nitrogens is 3. The number of para-hydroxylation sites is 1. The lowest BCUT2D eigenvalue weighted by Crippen LogP contribution is -2.24. The fourth-order valence-electron chi connectivity index (χ4n) is 1.43. The highest BCUT2D eigenvalue weighted by Crippen LogP contribution is 2.16. The second kappa shape index (κ2) is 4.75. The molecule has 0 spiro atoms. The van der Waals surface area contributed by atoms with E-state index in [0.29, 0.717) is 5.82 Å². The predicted molar refractivity (Wildman–Crippen MR) is 65.9 cm³/mol. The van der Waals surface area contributed by atoms with E-state index in [4.69, 9.17) is 5.73 Å². The third-order valence-corrected chi connectivity index (χ3v) is 3.75. The standard InChI is InChI=1S/C10H13N5O2S/c1-15-7-12-10(14-15)6-13-18(16,17)9-5-3-2-4-8(9)11/h2-5,7,13H,6,11H2,1H3. The number of nitrogens with zero attached hydrogens (tertiary/aromatic N) is 3. The van der Waals surface area contributed by atoms with Crippen molar-refractivity contribution >= 4 is 15.7 Å². The molecule has 1 aromatic heterocycles. The minimum Gasteiger partial charge on any atom is -0.398 e. The van der Waals surface area contributed by atoms with Crippen LogP contribution in [0.4, 0.5) is 5.69 Å². The molecule has 0 saturated heterocycles. The minimum absolute atomic E-state index is 0.0253. The molecule has 96 valence electrons. The Bertz CT molecular complexity index is 650. The number of hydrogen-bond donors (Lipinski definition) is 2. The Balaban J connectivity index is 2.16. The molecule has 0 amide bonds. The lowest BCUT2D eigenvalue weighted by molar-refractivity contribution is 0.579. The van der Waals surface area contributed by atoms with Crippen LogP contribution in [0.15, 0.2) is 35.5 Å². The van der Waals surface area contributed by atoms with Crippen LogP contribution in [0.1, 0.15) is 5.82 Å². The highest BCUT2D eigenvalue weighted by atomic mass is 32.2. The van der Waals surface area contributed by atoms with Gasteiger partial charge in [0.05, 0.1) is 12.2 Å². The van der Waals surface area contributed by atoms with Crippen molar-refractivity contribution in [3.05, 3.63) is 36.4 Å². The van der Waals surface area contributed by atoms with Crippen LogP contribution in [-0.4, -0.2) is 23.2 Å². The first kappa shape index (κ1) is 12.5. The van der Waals surface area contributed by atoms with E-state index in [-0.39, 0.29) is 17.1 Å². The first-order chi connectivity index (χ1) is 8.49. The molecule has 0 unspecified atom stereocenters. The molecule has 3 N–H and O–H groups in total. The van der Waals surface area contributed by atoms with Crippen LogP contribution in [0.25, 0.3) is 0 Å². The molecule has 0 fully saturated rings. The van der Waals surface area contributed by atoms with Gasteiger partial charge in [-0.1, -0.05) is 12.1 Å². The zero-order valence-corrected chi connectivity index (χ0v) is 10.6. The van der Waals surface area contributed by atoms with Gasteiger partial charge in [-0.15, -0.1) is 0 Å². The maximum atomic E-state index is 12.0. The number of anilines is 1. The van der Waals surface area contributed by atoms with Crippen molar-refractivity contribution in [3.63, 3.8) is 0 Å². The average molecular weight is 267 g/mol. The highest BCUT2D eigenvalue weighted by Gasteiger charge is 2.17. The lowest BCUT2D eigenvalue weighted by atomic mass is 10.3. The van der Waals surface area contributed by atoms with Gasteiger partial charge in [-0.3, -0.25) is 4.68 Å². The van der Waals surface area contributed by atoms with Gasteiger partial charge in [0.25, 0.3) is 0 Å². The number of rotatable bonds is 4. The Morgan fingerprint density at radius 2 is 2.11 bits per heavy atom. The first-order valence-corrected chi connectivity index (χ1v) is 6.66. The second-order valence-electron chi connectivity index (χ2n) is 3.70. The number of benzene rings is 1. The molecule has 7 nitrogen and oxygen atoms in total. The molecule has 0 aliphatic heterocycles. The number of nitrogen functional groups attached to an aromatic ring is 1. The second-order valence-corrected chi connectivity index (χ2v) is 5.43. The van der Waals surface area contributed by atoms with Gasteiger partial charge < -0.3 is 5.73 Å². The molecule has 0 aliphatic carbocycles. The van der Waals surface area contributed by atoms with Crippen molar-refractivity contribution in [2.45, 2.75) is 11.4 Å². The molecular weight excluding hydrogens is 254 g/mol. The van der Waals surface area contributed by atoms with Crippen LogP contribution in [0.3, 0.4) is 0 Å². The Morgan fingerprint density at radius 3 is 2.72 bits per heavy atom. The fourth-order valence-corrected chi connectivity index (χ4v) is 2.54. The summed E-state index contributed by atoms with van der Waals surface area (Å²) in [6.07, 6.45) is 1.50. The van der Waals surface area contributed by atoms with Crippen LogP contribution in [0, 0.1) is 0 Å². The summed E-state index contributed by atoms with van der Waals surface area (Å²) in [6.45, 7) is 0.0253. The van der Waals surface area contributed by atoms with E-state index in [2.05, 4.69) is 14.8 Å². The quantitative estimate of drug-likeness (QED) is 0.751. The van der Waals surface area contributed by atoms with E-state index < -0.39 is 10.0 Å². The van der Waals surface area contributed by atoms with Crippen molar-refractivity contribution < 1.29 is 8.42 Å². The molecule has 0 aliphatic rings. The molecule has 0 bridgehead atoms. The zero-order valence-electron chi connectivity index (χ0n) is 9.74. The van der Waals surface area contributed by atoms with Gasteiger partial charge in [-0.2, -0.15) is 5.10 Å². The van der Waals surface area contributed by atoms with Crippen LogP contribution < -0.4 is 10.5 Å². The summed E-state index contributed by atoms with van der Waals surface area (Å²) in [5.74, 6) is 0.399. The first-order valence-electron chi connectivity index (χ1n) is 5.18. The number of hydrogen-bond acceptors (Lipinski definition) is 5. The summed E-state index contributed by atoms with van der Waals surface area (Å²) >= 11 is 0. The maximum absolute atomic E-state index is 12.0. The van der Waals surface area contributed by atoms with E-state index in [9.17, 15) is 8.42 Å². The topological polar surface area (TPSA) is 103 Å². The summed E-state index contributed by atoms with van der Waals surface area (Å²) in [6, 6.07) is 6.27. The summed E-state index contributed by atoms with van der Waals surface area (Å²) in [7, 11) is -1.94. The van der Waals surface area contributed by atoms with Crippen molar-refractivity contribution in [2.75, 3.05) is 5.73 Å². The van der Waals surface area contributed by atoms with Gasteiger partial charge in [0.2, 0.25) is 10.0 Å². The number of sulfonamides is 1. The lowest BCUT2D eigenvalue weighted by Gasteiger charge is -2.07. The summed E-state index contributed by atoms with van der Waals surface area (Å²) in [4.78, 5) is 3.99. The smallest absolute Gasteiger partial charge is 0.243 e. The molecule has 0 saturated carbocycles. The normalized spacial score (nSPS) is 11.6. The molecule has 2 aromatic rings. The van der Waals surface area contributed by atoms with Crippen molar-refractivity contribution in [1.29, 1.82) is 0 Å². The summed E-state index contributed by atoms with van der Waals surface area (Å²) in [5.41, 5.74) is 5.83. The maximum Gasteiger partial charge on any atom is 0.243 e. The van der Waals surface area contributed by atoms with Crippen molar-refractivity contribution in [2.24, 2.45) is 7.05 Å². The minimum atomic E-state index is -3.64. The molecule has 0 atom stereocenters. The van der Waals surface area contributed by atoms with Crippen LogP contribution in [-0.2, 0) is 23.6 Å². The van der Waals surface area contributed by atoms with Crippen molar-refractivity contribution in [3.8, 4) is 0 Å². The predicted octanol–water partition coefficient (Wildman–Crippen LogP) is -0.124. The summed E-state index contributed by atoms with van der Waals surface area (Å²) in [5, 5.41) is 3.98. The number of nitrogens with one attached hydrogen (secondary N) is 1. The van der Waals surface area contributed by atoms with E-state index in [0.717, 1.165) is 0 Å². The van der Waals surface area contributed by atoms with Crippen LogP contribution in [0.5, 0.6) is 0 Å². The van der Waals surface area contributed by atoms with Crippen LogP contribution >= 0.6 is 0 Å². The summed E-state index contributed by atoms with van der Waals surface area (Å²) < 4.78 is 27.9. The molecular formula is C10H13N5O2S. The Morgan fingerprint density at radius 1 is 1.39 bits per heavy atom. The van der Waals surface area contributed by atoms with E-state index in [1.165, 1.54) is 23.1 Å². The Kier molecular flexibility index (Phi) is 3.30. The fraction of sp³-hybridized carbons (Fsp3) is 0.200. The molecule has 18 heavy (non-hydrogen) atoms. The third kappa shape index (κ3) is 2.66. The molecule has 2 rings (SSSR count). The average Bonchev–Trinajstić information content (AvgIpc) is 2.73. The van der Waals surface area contributed by atoms with Gasteiger partial charge in [0, 0.05) is 7.05 Å². The van der Waals surface area contributed by atoms with Crippen LogP contribution in [0.2, 0.25) is 0 Å². The molecule has 1 aromatic carbocycles. The van der Waals surface area contributed by atoms with Crippen molar-refractivity contribution in [1.82, 2.24) is 19.5 Å². The third-order valence-electron chi connectivity index (χ3n) is 2.28. The van der Waals surface area contributed by atoms with Gasteiger partial charge in [0.1, 0.15) is 11.2 Å². The highest BCUT2D eigenvalue weighted by molar-refractivity contribution is 7.89. The van der Waals surface area contributed by atoms with Gasteiger partial charge >= 0.3 is 0 Å². The molecule has 0 radical (unpaired) electrons. The largest absolute Gasteiger partial charge is 0.398 e. The van der Waals surface area contributed by atoms with E-state index >= 15 is 0 Å². The monoisotopic (exact) mass is 267 g/mol. The Hall–Kier alpha value is -1.93. The van der Waals surface area contributed by atoms with E-state index in [1.807, 2.05) is 0 Å². The Labute approximate surface area is 105 Å². The SMILES string of the molecule is Cn1cnc(CNS(=O)(=O)c2ccccc2N)n1. The van der Waals surface area contributed by atoms with Gasteiger partial charge in [0.15, 0.2) is 5.82 Å². The van der Waals surface area contributed by atoms with Gasteiger partial charge in [-0.05, 0) is 12.1 Å². The number of nitrogens with two attached hydrogens (primary N) is 1.